The lowest BCUT2D eigenvalue weighted by Crippen LogP contribution is -2.61. The predicted octanol–water partition coefficient (Wildman–Crippen LogP) is 1.88. The monoisotopic (exact) mass is 237 g/mol. The highest BCUT2D eigenvalue weighted by Gasteiger charge is 2.48. The second-order valence-electron chi connectivity index (χ2n) is 5.62. The van der Waals surface area contributed by atoms with E-state index in [0.29, 0.717) is 12.1 Å². The van der Waals surface area contributed by atoms with Gasteiger partial charge in [-0.15, -0.1) is 0 Å². The zero-order valence-electron chi connectivity index (χ0n) is 11.4. The number of nitrogens with one attached hydrogen (secondary N) is 1. The average molecular weight is 237 g/mol. The van der Waals surface area contributed by atoms with Gasteiger partial charge in [0.05, 0.1) is 12.1 Å². The van der Waals surface area contributed by atoms with Gasteiger partial charge in [0, 0.05) is 38.0 Å². The van der Waals surface area contributed by atoms with Gasteiger partial charge in [-0.3, -0.25) is 0 Å². The van der Waals surface area contributed by atoms with Crippen LogP contribution < -0.4 is 5.32 Å². The van der Waals surface area contributed by atoms with Gasteiger partial charge in [0.1, 0.15) is 5.82 Å². The molecule has 0 aliphatic heterocycles. The first-order chi connectivity index (χ1) is 7.96. The van der Waals surface area contributed by atoms with E-state index in [1.54, 1.807) is 7.11 Å². The van der Waals surface area contributed by atoms with Gasteiger partial charge in [-0.05, 0) is 13.3 Å². The third-order valence-electron chi connectivity index (χ3n) is 4.16. The predicted molar refractivity (Wildman–Crippen MR) is 67.7 cm³/mol. The maximum atomic E-state index is 5.47. The summed E-state index contributed by atoms with van der Waals surface area (Å²) < 4.78 is 7.53. The van der Waals surface area contributed by atoms with Crippen LogP contribution in [0.15, 0.2) is 12.4 Å². The molecule has 1 aromatic rings. The molecule has 2 rings (SSSR count). The van der Waals surface area contributed by atoms with Crippen molar-refractivity contribution in [3.05, 3.63) is 18.2 Å². The number of ether oxygens (including phenoxy) is 1. The number of hydrogen-bond acceptors (Lipinski definition) is 3. The summed E-state index contributed by atoms with van der Waals surface area (Å²) in [6.07, 6.45) is 5.28. The van der Waals surface area contributed by atoms with Gasteiger partial charge in [0.25, 0.3) is 0 Å². The summed E-state index contributed by atoms with van der Waals surface area (Å²) in [6, 6.07) is 0.774. The van der Waals surface area contributed by atoms with Crippen molar-refractivity contribution < 1.29 is 4.74 Å². The van der Waals surface area contributed by atoms with Crippen LogP contribution in [0.2, 0.25) is 0 Å². The molecule has 1 heterocycles. The third kappa shape index (κ3) is 2.11. The lowest BCUT2D eigenvalue weighted by atomic mass is 9.64. The molecule has 3 atom stereocenters. The molecule has 1 fully saturated rings. The Balaban J connectivity index is 1.97. The van der Waals surface area contributed by atoms with E-state index < -0.39 is 0 Å². The molecule has 1 aliphatic carbocycles. The van der Waals surface area contributed by atoms with Gasteiger partial charge >= 0.3 is 0 Å². The topological polar surface area (TPSA) is 39.1 Å². The highest BCUT2D eigenvalue weighted by molar-refractivity contribution is 5.06. The fraction of sp³-hybridized carbons (Fsp3) is 0.769. The second-order valence-corrected chi connectivity index (χ2v) is 5.62. The second kappa shape index (κ2) is 4.42. The molecule has 0 aromatic carbocycles. The van der Waals surface area contributed by atoms with E-state index in [0.717, 1.165) is 12.2 Å². The van der Waals surface area contributed by atoms with Gasteiger partial charge in [-0.1, -0.05) is 13.8 Å². The molecular weight excluding hydrogens is 214 g/mol. The van der Waals surface area contributed by atoms with Crippen molar-refractivity contribution in [2.75, 3.05) is 7.11 Å². The molecule has 1 saturated carbocycles. The zero-order chi connectivity index (χ0) is 12.6. The normalized spacial score (nSPS) is 28.8. The van der Waals surface area contributed by atoms with E-state index in [4.69, 9.17) is 4.74 Å². The maximum Gasteiger partial charge on any atom is 0.125 e. The summed E-state index contributed by atoms with van der Waals surface area (Å²) in [5.41, 5.74) is 0.203. The number of methoxy groups -OCH3 is 1. The van der Waals surface area contributed by atoms with Crippen LogP contribution in [0.4, 0.5) is 0 Å². The van der Waals surface area contributed by atoms with Crippen LogP contribution in [0.1, 0.15) is 39.1 Å². The third-order valence-corrected chi connectivity index (χ3v) is 4.16. The van der Waals surface area contributed by atoms with Crippen molar-refractivity contribution >= 4 is 0 Å². The first-order valence-corrected chi connectivity index (χ1v) is 6.23. The van der Waals surface area contributed by atoms with E-state index in [1.807, 2.05) is 19.4 Å². The molecule has 0 bridgehead atoms. The number of rotatable bonds is 4. The Hall–Kier alpha value is -0.870. The van der Waals surface area contributed by atoms with Crippen molar-refractivity contribution in [1.29, 1.82) is 0 Å². The summed E-state index contributed by atoms with van der Waals surface area (Å²) in [5.74, 6) is 1.08. The fourth-order valence-electron chi connectivity index (χ4n) is 2.74. The van der Waals surface area contributed by atoms with Crippen molar-refractivity contribution in [2.45, 2.75) is 45.4 Å². The van der Waals surface area contributed by atoms with Crippen LogP contribution >= 0.6 is 0 Å². The van der Waals surface area contributed by atoms with E-state index >= 15 is 0 Å². The standard InChI is InChI=1S/C13H23N3O/c1-9(12-14-6-7-16(12)4)15-10-8-11(17-5)13(10,2)3/h6-7,9-11,15H,8H2,1-5H3. The SMILES string of the molecule is COC1CC(NC(C)c2nccn2C)C1(C)C. The number of hydrogen-bond donors (Lipinski definition) is 1. The molecule has 96 valence electrons. The number of nitrogens with zero attached hydrogens (tertiary/aromatic N) is 2. The molecule has 0 radical (unpaired) electrons. The Kier molecular flexibility index (Phi) is 3.27. The molecule has 1 aromatic heterocycles. The highest BCUT2D eigenvalue weighted by atomic mass is 16.5. The number of aryl methyl sites for hydroxylation is 1. The molecule has 17 heavy (non-hydrogen) atoms. The number of imidazole rings is 1. The molecule has 1 N–H and O–H groups in total. The summed E-state index contributed by atoms with van der Waals surface area (Å²) in [5, 5.41) is 3.65. The van der Waals surface area contributed by atoms with Gasteiger partial charge in [-0.2, -0.15) is 0 Å². The van der Waals surface area contributed by atoms with Crippen molar-refractivity contribution in [1.82, 2.24) is 14.9 Å². The minimum Gasteiger partial charge on any atom is -0.381 e. The molecular formula is C13H23N3O. The maximum absolute atomic E-state index is 5.47. The lowest BCUT2D eigenvalue weighted by molar-refractivity contribution is -0.100. The van der Waals surface area contributed by atoms with E-state index in [2.05, 4.69) is 35.6 Å². The first-order valence-electron chi connectivity index (χ1n) is 6.23. The lowest BCUT2D eigenvalue weighted by Gasteiger charge is -2.52. The minimum atomic E-state index is 0.203. The largest absolute Gasteiger partial charge is 0.381 e. The average Bonchev–Trinajstić information content (AvgIpc) is 2.69. The Morgan fingerprint density at radius 3 is 2.76 bits per heavy atom. The Morgan fingerprint density at radius 1 is 1.59 bits per heavy atom. The Labute approximate surface area is 103 Å². The van der Waals surface area contributed by atoms with Gasteiger partial charge in [0.2, 0.25) is 0 Å². The molecule has 3 unspecified atom stereocenters. The number of aromatic nitrogens is 2. The quantitative estimate of drug-likeness (QED) is 0.869. The van der Waals surface area contributed by atoms with Crippen molar-refractivity contribution in [3.63, 3.8) is 0 Å². The minimum absolute atomic E-state index is 0.203. The van der Waals surface area contributed by atoms with Crippen LogP contribution in [-0.2, 0) is 11.8 Å². The smallest absolute Gasteiger partial charge is 0.125 e. The molecule has 0 saturated heterocycles. The van der Waals surface area contributed by atoms with Crippen LogP contribution in [-0.4, -0.2) is 28.8 Å². The molecule has 4 heteroatoms. The van der Waals surface area contributed by atoms with Gasteiger partial charge < -0.3 is 14.6 Å². The molecule has 0 spiro atoms. The van der Waals surface area contributed by atoms with Crippen molar-refractivity contribution in [2.24, 2.45) is 12.5 Å². The summed E-state index contributed by atoms with van der Waals surface area (Å²) >= 11 is 0. The molecule has 1 aliphatic rings. The fourth-order valence-corrected chi connectivity index (χ4v) is 2.74. The Morgan fingerprint density at radius 2 is 2.29 bits per heavy atom. The zero-order valence-corrected chi connectivity index (χ0v) is 11.4. The van der Waals surface area contributed by atoms with Crippen LogP contribution in [0, 0.1) is 5.41 Å². The summed E-state index contributed by atoms with van der Waals surface area (Å²) in [7, 11) is 3.83. The molecule has 4 nitrogen and oxygen atoms in total. The van der Waals surface area contributed by atoms with E-state index in [1.165, 1.54) is 0 Å². The summed E-state index contributed by atoms with van der Waals surface area (Å²) in [4.78, 5) is 4.38. The van der Waals surface area contributed by atoms with Crippen LogP contribution in [0.5, 0.6) is 0 Å². The Bertz CT molecular complexity index is 386. The summed E-state index contributed by atoms with van der Waals surface area (Å²) in [6.45, 7) is 6.68. The van der Waals surface area contributed by atoms with Crippen molar-refractivity contribution in [3.8, 4) is 0 Å². The highest BCUT2D eigenvalue weighted by Crippen LogP contribution is 2.43. The van der Waals surface area contributed by atoms with Gasteiger partial charge in [-0.25, -0.2) is 4.98 Å². The first kappa shape index (κ1) is 12.6. The van der Waals surface area contributed by atoms with Gasteiger partial charge in [0.15, 0.2) is 0 Å². The van der Waals surface area contributed by atoms with E-state index in [-0.39, 0.29) is 11.5 Å². The van der Waals surface area contributed by atoms with E-state index in [9.17, 15) is 0 Å². The van der Waals surface area contributed by atoms with Crippen LogP contribution in [0.3, 0.4) is 0 Å². The van der Waals surface area contributed by atoms with Crippen LogP contribution in [0.25, 0.3) is 0 Å². The molecule has 0 amide bonds.